The zero-order valence-corrected chi connectivity index (χ0v) is 10.1. The predicted molar refractivity (Wildman–Crippen MR) is 67.5 cm³/mol. The van der Waals surface area contributed by atoms with Gasteiger partial charge in [0.2, 0.25) is 0 Å². The Morgan fingerprint density at radius 3 is 2.94 bits per heavy atom. The van der Waals surface area contributed by atoms with Crippen molar-refractivity contribution in [2.45, 2.75) is 32.3 Å². The van der Waals surface area contributed by atoms with Crippen molar-refractivity contribution in [1.82, 2.24) is 0 Å². The first-order chi connectivity index (χ1) is 8.07. The van der Waals surface area contributed by atoms with Gasteiger partial charge in [-0.3, -0.25) is 0 Å². The van der Waals surface area contributed by atoms with Crippen LogP contribution in [-0.4, -0.2) is 10.7 Å². The highest BCUT2D eigenvalue weighted by atomic mass is 16.5. The van der Waals surface area contributed by atoms with Gasteiger partial charge in [0.15, 0.2) is 0 Å². The van der Waals surface area contributed by atoms with Crippen molar-refractivity contribution >= 4 is 10.8 Å². The van der Waals surface area contributed by atoms with Crippen molar-refractivity contribution < 1.29 is 9.84 Å². The van der Waals surface area contributed by atoms with Crippen LogP contribution in [0.4, 0.5) is 0 Å². The van der Waals surface area contributed by atoms with E-state index in [-0.39, 0.29) is 11.4 Å². The highest BCUT2D eigenvalue weighted by molar-refractivity contribution is 5.93. The summed E-state index contributed by atoms with van der Waals surface area (Å²) in [7, 11) is 0. The third-order valence-electron chi connectivity index (χ3n) is 3.35. The van der Waals surface area contributed by atoms with Crippen molar-refractivity contribution in [1.29, 1.82) is 0 Å². The molecule has 1 radical (unpaired) electrons. The van der Waals surface area contributed by atoms with E-state index in [1.54, 1.807) is 6.07 Å². The fraction of sp³-hybridized carbons (Fsp3) is 0.333. The maximum absolute atomic E-state index is 9.83. The van der Waals surface area contributed by atoms with Crippen LogP contribution in [0.1, 0.15) is 25.8 Å². The van der Waals surface area contributed by atoms with Crippen molar-refractivity contribution in [3.8, 4) is 11.5 Å². The number of aromatic hydroxyl groups is 1. The van der Waals surface area contributed by atoms with Crippen molar-refractivity contribution in [2.24, 2.45) is 0 Å². The molecule has 2 aromatic rings. The van der Waals surface area contributed by atoms with Gasteiger partial charge >= 0.3 is 0 Å². The van der Waals surface area contributed by atoms with Crippen molar-refractivity contribution in [3.05, 3.63) is 35.9 Å². The number of hydrogen-bond donors (Lipinski definition) is 1. The van der Waals surface area contributed by atoms with Crippen LogP contribution in [0.3, 0.4) is 0 Å². The molecule has 87 valence electrons. The Balaban J connectivity index is 2.28. The molecule has 0 spiro atoms. The van der Waals surface area contributed by atoms with Crippen LogP contribution in [0.2, 0.25) is 0 Å². The van der Waals surface area contributed by atoms with Crippen molar-refractivity contribution in [3.63, 3.8) is 0 Å². The van der Waals surface area contributed by atoms with E-state index >= 15 is 0 Å². The molecule has 1 heterocycles. The van der Waals surface area contributed by atoms with E-state index in [1.165, 1.54) is 0 Å². The summed E-state index contributed by atoms with van der Waals surface area (Å²) in [6.45, 7) is 4.19. The number of benzene rings is 2. The largest absolute Gasteiger partial charge is 0.507 e. The number of hydrogen-bond acceptors (Lipinski definition) is 2. The average molecular weight is 227 g/mol. The lowest BCUT2D eigenvalue weighted by Crippen LogP contribution is -2.32. The zero-order chi connectivity index (χ0) is 12.0. The lowest BCUT2D eigenvalue weighted by Gasteiger charge is -2.33. The van der Waals surface area contributed by atoms with Crippen molar-refractivity contribution in [2.75, 3.05) is 0 Å². The van der Waals surface area contributed by atoms with E-state index in [2.05, 4.69) is 19.9 Å². The molecule has 2 heteroatoms. The van der Waals surface area contributed by atoms with Gasteiger partial charge in [-0.15, -0.1) is 0 Å². The maximum Gasteiger partial charge on any atom is 0.131 e. The fourth-order valence-electron chi connectivity index (χ4n) is 2.35. The zero-order valence-electron chi connectivity index (χ0n) is 10.1. The summed E-state index contributed by atoms with van der Waals surface area (Å²) in [4.78, 5) is 0. The molecule has 17 heavy (non-hydrogen) atoms. The van der Waals surface area contributed by atoms with Gasteiger partial charge in [-0.2, -0.15) is 0 Å². The first-order valence-electron chi connectivity index (χ1n) is 5.91. The molecule has 0 bridgehead atoms. The average Bonchev–Trinajstić information content (AvgIpc) is 2.28. The van der Waals surface area contributed by atoms with E-state index in [9.17, 15) is 5.11 Å². The molecule has 0 saturated heterocycles. The van der Waals surface area contributed by atoms with Crippen LogP contribution < -0.4 is 4.74 Å². The molecule has 0 amide bonds. The Morgan fingerprint density at radius 2 is 2.12 bits per heavy atom. The summed E-state index contributed by atoms with van der Waals surface area (Å²) in [5, 5.41) is 11.6. The first kappa shape index (κ1) is 10.5. The first-order valence-corrected chi connectivity index (χ1v) is 5.91. The molecule has 1 aliphatic rings. The third-order valence-corrected chi connectivity index (χ3v) is 3.35. The maximum atomic E-state index is 9.83. The number of phenols is 1. The summed E-state index contributed by atoms with van der Waals surface area (Å²) in [5.41, 5.74) is 0.975. The summed E-state index contributed by atoms with van der Waals surface area (Å²) >= 11 is 0. The van der Waals surface area contributed by atoms with E-state index in [0.717, 1.165) is 34.9 Å². The van der Waals surface area contributed by atoms with Crippen LogP contribution in [0.15, 0.2) is 24.3 Å². The Hall–Kier alpha value is -1.70. The third kappa shape index (κ3) is 1.64. The molecule has 0 aromatic heterocycles. The van der Waals surface area contributed by atoms with E-state index in [4.69, 9.17) is 4.74 Å². The Kier molecular flexibility index (Phi) is 2.09. The Labute approximate surface area is 101 Å². The van der Waals surface area contributed by atoms with Gasteiger partial charge < -0.3 is 9.84 Å². The SMILES string of the molecule is CC1(C)CCc2[c]cc3c(O)cccc3c2O1. The number of aryl methyl sites for hydroxylation is 1. The molecule has 1 aliphatic heterocycles. The second-order valence-corrected chi connectivity index (χ2v) is 5.20. The van der Waals surface area contributed by atoms with Gasteiger partial charge in [0, 0.05) is 16.3 Å². The lowest BCUT2D eigenvalue weighted by atomic mass is 9.92. The normalized spacial score (nSPS) is 17.5. The highest BCUT2D eigenvalue weighted by Gasteiger charge is 2.28. The Morgan fingerprint density at radius 1 is 1.29 bits per heavy atom. The predicted octanol–water partition coefficient (Wildman–Crippen LogP) is 3.45. The van der Waals surface area contributed by atoms with E-state index in [0.29, 0.717) is 0 Å². The van der Waals surface area contributed by atoms with Gasteiger partial charge in [-0.25, -0.2) is 0 Å². The molecule has 1 N–H and O–H groups in total. The van der Waals surface area contributed by atoms with Crippen LogP contribution >= 0.6 is 0 Å². The molecule has 0 aliphatic carbocycles. The molecular weight excluding hydrogens is 212 g/mol. The number of ether oxygens (including phenoxy) is 1. The molecule has 0 saturated carbocycles. The van der Waals surface area contributed by atoms with Gasteiger partial charge in [-0.05, 0) is 44.9 Å². The number of rotatable bonds is 0. The molecule has 2 aromatic carbocycles. The number of fused-ring (bicyclic) bond motifs is 3. The minimum atomic E-state index is -0.138. The summed E-state index contributed by atoms with van der Waals surface area (Å²) in [5.74, 6) is 1.17. The van der Waals surface area contributed by atoms with Crippen LogP contribution in [0.5, 0.6) is 11.5 Å². The second kappa shape index (κ2) is 3.39. The van der Waals surface area contributed by atoms with Crippen LogP contribution in [0.25, 0.3) is 10.8 Å². The topological polar surface area (TPSA) is 29.5 Å². The van der Waals surface area contributed by atoms with Gasteiger partial charge in [0.25, 0.3) is 0 Å². The van der Waals surface area contributed by atoms with Gasteiger partial charge in [0.1, 0.15) is 17.1 Å². The van der Waals surface area contributed by atoms with Crippen LogP contribution in [0, 0.1) is 6.07 Å². The molecule has 0 unspecified atom stereocenters. The minimum absolute atomic E-state index is 0.138. The smallest absolute Gasteiger partial charge is 0.131 e. The molecule has 3 rings (SSSR count). The Bertz CT molecular complexity index is 585. The molecule has 0 atom stereocenters. The molecule has 0 fully saturated rings. The van der Waals surface area contributed by atoms with Gasteiger partial charge in [-0.1, -0.05) is 12.1 Å². The quantitative estimate of drug-likeness (QED) is 0.747. The fourth-order valence-corrected chi connectivity index (χ4v) is 2.35. The summed E-state index contributed by atoms with van der Waals surface area (Å²) in [6.07, 6.45) is 1.98. The standard InChI is InChI=1S/C15H15O2/c1-15(2)9-8-10-6-7-11-12(14(10)17-15)4-3-5-13(11)16/h3-5,7,16H,8-9H2,1-2H3. The van der Waals surface area contributed by atoms with E-state index < -0.39 is 0 Å². The second-order valence-electron chi connectivity index (χ2n) is 5.20. The monoisotopic (exact) mass is 227 g/mol. The molecule has 2 nitrogen and oxygen atoms in total. The summed E-state index contributed by atoms with van der Waals surface area (Å²) < 4.78 is 6.05. The highest BCUT2D eigenvalue weighted by Crippen LogP contribution is 2.40. The summed E-state index contributed by atoms with van der Waals surface area (Å²) in [6, 6.07) is 10.6. The molecular formula is C15H15O2. The van der Waals surface area contributed by atoms with E-state index in [1.807, 2.05) is 18.2 Å². The number of phenolic OH excluding ortho intramolecular Hbond substituents is 1. The van der Waals surface area contributed by atoms with Gasteiger partial charge in [0.05, 0.1) is 0 Å². The van der Waals surface area contributed by atoms with Crippen LogP contribution in [-0.2, 0) is 6.42 Å². The minimum Gasteiger partial charge on any atom is -0.507 e. The lowest BCUT2D eigenvalue weighted by molar-refractivity contribution is 0.0867.